The van der Waals surface area contributed by atoms with Gasteiger partial charge in [0.15, 0.2) is 0 Å². The molecule has 0 saturated heterocycles. The highest BCUT2D eigenvalue weighted by Crippen LogP contribution is 2.28. The Balaban J connectivity index is 1.92. The van der Waals surface area contributed by atoms with Gasteiger partial charge in [0.2, 0.25) is 0 Å². The number of carbonyl (C=O) groups is 1. The van der Waals surface area contributed by atoms with Crippen molar-refractivity contribution in [1.82, 2.24) is 9.78 Å². The fourth-order valence-electron chi connectivity index (χ4n) is 2.86. The van der Waals surface area contributed by atoms with Gasteiger partial charge in [0, 0.05) is 11.5 Å². The molecule has 2 aromatic carbocycles. The van der Waals surface area contributed by atoms with Crippen LogP contribution in [0.4, 0.5) is 10.6 Å². The third kappa shape index (κ3) is 5.05. The Morgan fingerprint density at radius 1 is 0.897 bits per heavy atom. The monoisotopic (exact) mass is 391 g/mol. The number of aromatic nitrogens is 2. The van der Waals surface area contributed by atoms with Crippen LogP contribution in [-0.2, 0) is 10.8 Å². The molecule has 0 spiro atoms. The molecule has 0 aliphatic carbocycles. The summed E-state index contributed by atoms with van der Waals surface area (Å²) < 4.78 is 7.13. The standard InChI is InChI=1S/C24H29N3O2/c1-23(2,3)17-12-14-18(15-13-17)27-21(16-20(26-27)24(4,5)6)25-22(28)29-19-10-8-7-9-11-19/h7-16H,1-6H3,(H,25,28). The van der Waals surface area contributed by atoms with Gasteiger partial charge in [-0.1, -0.05) is 71.9 Å². The van der Waals surface area contributed by atoms with Crippen LogP contribution in [0.15, 0.2) is 60.7 Å². The first kappa shape index (κ1) is 20.6. The Labute approximate surface area is 172 Å². The topological polar surface area (TPSA) is 56.2 Å². The zero-order valence-corrected chi connectivity index (χ0v) is 18.0. The average molecular weight is 392 g/mol. The van der Waals surface area contributed by atoms with Gasteiger partial charge in [-0.15, -0.1) is 0 Å². The van der Waals surface area contributed by atoms with E-state index in [1.54, 1.807) is 16.8 Å². The number of carbonyl (C=O) groups excluding carboxylic acids is 1. The van der Waals surface area contributed by atoms with Gasteiger partial charge < -0.3 is 4.74 Å². The molecule has 0 saturated carbocycles. The molecule has 0 bridgehead atoms. The highest BCUT2D eigenvalue weighted by Gasteiger charge is 2.22. The first-order chi connectivity index (χ1) is 13.5. The maximum Gasteiger partial charge on any atom is 0.418 e. The molecule has 0 unspecified atom stereocenters. The predicted octanol–water partition coefficient (Wildman–Crippen LogP) is 6.08. The number of hydrogen-bond acceptors (Lipinski definition) is 3. The second-order valence-corrected chi connectivity index (χ2v) is 9.20. The SMILES string of the molecule is CC(C)(C)c1ccc(-n2nc(C(C)(C)C)cc2NC(=O)Oc2ccccc2)cc1. The van der Waals surface area contributed by atoms with Crippen molar-refractivity contribution in [3.8, 4) is 11.4 Å². The lowest BCUT2D eigenvalue weighted by molar-refractivity contribution is 0.215. The molecule has 152 valence electrons. The quantitative estimate of drug-likeness (QED) is 0.589. The number of para-hydroxylation sites is 1. The summed E-state index contributed by atoms with van der Waals surface area (Å²) in [6.45, 7) is 12.8. The smallest absolute Gasteiger partial charge is 0.410 e. The van der Waals surface area contributed by atoms with Crippen LogP contribution in [0.2, 0.25) is 0 Å². The van der Waals surface area contributed by atoms with E-state index in [1.807, 2.05) is 36.4 Å². The van der Waals surface area contributed by atoms with Crippen LogP contribution >= 0.6 is 0 Å². The summed E-state index contributed by atoms with van der Waals surface area (Å²) in [4.78, 5) is 12.4. The fraction of sp³-hybridized carbons (Fsp3) is 0.333. The molecule has 29 heavy (non-hydrogen) atoms. The Bertz CT molecular complexity index is 976. The van der Waals surface area contributed by atoms with Gasteiger partial charge in [0.25, 0.3) is 0 Å². The van der Waals surface area contributed by atoms with Gasteiger partial charge in [-0.3, -0.25) is 5.32 Å². The van der Waals surface area contributed by atoms with Crippen LogP contribution in [0, 0.1) is 0 Å². The van der Waals surface area contributed by atoms with E-state index >= 15 is 0 Å². The van der Waals surface area contributed by atoms with Gasteiger partial charge in [-0.2, -0.15) is 5.10 Å². The Morgan fingerprint density at radius 2 is 1.52 bits per heavy atom. The molecule has 3 aromatic rings. The van der Waals surface area contributed by atoms with Crippen molar-refractivity contribution in [2.45, 2.75) is 52.4 Å². The summed E-state index contributed by atoms with van der Waals surface area (Å²) in [5, 5.41) is 7.58. The van der Waals surface area contributed by atoms with Gasteiger partial charge >= 0.3 is 6.09 Å². The number of benzene rings is 2. The molecule has 5 nitrogen and oxygen atoms in total. The molecule has 1 amide bonds. The normalized spacial score (nSPS) is 11.9. The third-order valence-corrected chi connectivity index (χ3v) is 4.64. The molecule has 0 aliphatic rings. The minimum atomic E-state index is -0.552. The second-order valence-electron chi connectivity index (χ2n) is 9.20. The lowest BCUT2D eigenvalue weighted by Gasteiger charge is -2.19. The van der Waals surface area contributed by atoms with Gasteiger partial charge in [0.05, 0.1) is 11.4 Å². The summed E-state index contributed by atoms with van der Waals surface area (Å²) in [5.74, 6) is 1.06. The highest BCUT2D eigenvalue weighted by molar-refractivity contribution is 5.85. The molecule has 3 rings (SSSR count). The van der Waals surface area contributed by atoms with Crippen LogP contribution in [-0.4, -0.2) is 15.9 Å². The van der Waals surface area contributed by atoms with Crippen molar-refractivity contribution >= 4 is 11.9 Å². The van der Waals surface area contributed by atoms with Crippen LogP contribution < -0.4 is 10.1 Å². The first-order valence-electron chi connectivity index (χ1n) is 9.79. The molecular weight excluding hydrogens is 362 g/mol. The predicted molar refractivity (Wildman–Crippen MR) is 117 cm³/mol. The van der Waals surface area contributed by atoms with Crippen molar-refractivity contribution in [2.24, 2.45) is 0 Å². The maximum atomic E-state index is 12.4. The van der Waals surface area contributed by atoms with Crippen LogP contribution in [0.1, 0.15) is 52.8 Å². The minimum Gasteiger partial charge on any atom is -0.410 e. The van der Waals surface area contributed by atoms with Gasteiger partial charge in [-0.25, -0.2) is 9.48 Å². The molecule has 0 radical (unpaired) electrons. The van der Waals surface area contributed by atoms with Crippen molar-refractivity contribution in [3.05, 3.63) is 71.9 Å². The van der Waals surface area contributed by atoms with Crippen LogP contribution in [0.5, 0.6) is 5.75 Å². The molecule has 0 aliphatic heterocycles. The number of anilines is 1. The summed E-state index contributed by atoms with van der Waals surface area (Å²) >= 11 is 0. The molecule has 0 atom stereocenters. The Kier molecular flexibility index (Phi) is 5.51. The maximum absolute atomic E-state index is 12.4. The minimum absolute atomic E-state index is 0.0692. The van der Waals surface area contributed by atoms with E-state index in [0.29, 0.717) is 11.6 Å². The van der Waals surface area contributed by atoms with Crippen molar-refractivity contribution in [3.63, 3.8) is 0 Å². The van der Waals surface area contributed by atoms with E-state index in [-0.39, 0.29) is 10.8 Å². The van der Waals surface area contributed by atoms with Crippen molar-refractivity contribution < 1.29 is 9.53 Å². The van der Waals surface area contributed by atoms with E-state index in [4.69, 9.17) is 9.84 Å². The second kappa shape index (κ2) is 7.74. The van der Waals surface area contributed by atoms with E-state index in [1.165, 1.54) is 5.56 Å². The van der Waals surface area contributed by atoms with Crippen molar-refractivity contribution in [1.29, 1.82) is 0 Å². The van der Waals surface area contributed by atoms with Gasteiger partial charge in [0.1, 0.15) is 11.6 Å². The zero-order chi connectivity index (χ0) is 21.2. The summed E-state index contributed by atoms with van der Waals surface area (Å²) in [6.07, 6.45) is -0.552. The Hall–Kier alpha value is -3.08. The number of rotatable bonds is 3. The fourth-order valence-corrected chi connectivity index (χ4v) is 2.86. The molecule has 5 heteroatoms. The number of hydrogen-bond donors (Lipinski definition) is 1. The largest absolute Gasteiger partial charge is 0.418 e. The number of ether oxygens (including phenoxy) is 1. The van der Waals surface area contributed by atoms with E-state index < -0.39 is 6.09 Å². The van der Waals surface area contributed by atoms with Crippen LogP contribution in [0.25, 0.3) is 5.69 Å². The van der Waals surface area contributed by atoms with Gasteiger partial charge in [-0.05, 0) is 35.2 Å². The Morgan fingerprint density at radius 3 is 2.07 bits per heavy atom. The van der Waals surface area contributed by atoms with E-state index in [9.17, 15) is 4.79 Å². The first-order valence-corrected chi connectivity index (χ1v) is 9.79. The summed E-state index contributed by atoms with van der Waals surface area (Å²) in [6, 6.07) is 19.1. The van der Waals surface area contributed by atoms with Crippen LogP contribution in [0.3, 0.4) is 0 Å². The van der Waals surface area contributed by atoms with Crippen molar-refractivity contribution in [2.75, 3.05) is 5.32 Å². The summed E-state index contributed by atoms with van der Waals surface area (Å²) in [7, 11) is 0. The number of amides is 1. The average Bonchev–Trinajstić information content (AvgIpc) is 3.06. The number of nitrogens with one attached hydrogen (secondary N) is 1. The summed E-state index contributed by atoms with van der Waals surface area (Å²) in [5.41, 5.74) is 2.91. The molecule has 1 N–H and O–H groups in total. The number of nitrogens with zero attached hydrogens (tertiary/aromatic N) is 2. The van der Waals surface area contributed by atoms with E-state index in [0.717, 1.165) is 11.4 Å². The molecule has 0 fully saturated rings. The lowest BCUT2D eigenvalue weighted by atomic mass is 9.87. The highest BCUT2D eigenvalue weighted by atomic mass is 16.6. The zero-order valence-electron chi connectivity index (χ0n) is 18.0. The molecule has 1 heterocycles. The molecule has 1 aromatic heterocycles. The third-order valence-electron chi connectivity index (χ3n) is 4.64. The molecular formula is C24H29N3O2. The lowest BCUT2D eigenvalue weighted by Crippen LogP contribution is -2.19. The van der Waals surface area contributed by atoms with E-state index in [2.05, 4.69) is 59.0 Å².